The van der Waals surface area contributed by atoms with Crippen LogP contribution < -0.4 is 10.6 Å². The molecule has 0 bridgehead atoms. The zero-order valence-corrected chi connectivity index (χ0v) is 19.7. The van der Waals surface area contributed by atoms with Gasteiger partial charge in [-0.25, -0.2) is 0 Å². The molecule has 0 aromatic heterocycles. The van der Waals surface area contributed by atoms with Gasteiger partial charge in [-0.05, 0) is 65.6 Å². The second-order valence-electron chi connectivity index (χ2n) is 7.59. The Balaban J connectivity index is 0.00000364. The Morgan fingerprint density at radius 2 is 2.04 bits per heavy atom. The molecular formula is C20H41IN4O2. The van der Waals surface area contributed by atoms with Gasteiger partial charge in [-0.3, -0.25) is 4.99 Å². The van der Waals surface area contributed by atoms with Gasteiger partial charge < -0.3 is 25.0 Å². The topological polar surface area (TPSA) is 58.1 Å². The van der Waals surface area contributed by atoms with Crippen molar-refractivity contribution < 1.29 is 9.47 Å². The molecule has 0 saturated carbocycles. The lowest BCUT2D eigenvalue weighted by atomic mass is 10.1. The maximum Gasteiger partial charge on any atom is 0.191 e. The molecule has 2 atom stereocenters. The van der Waals surface area contributed by atoms with Gasteiger partial charge >= 0.3 is 0 Å². The Morgan fingerprint density at radius 1 is 1.22 bits per heavy atom. The molecule has 2 rings (SSSR count). The second kappa shape index (κ2) is 15.8. The van der Waals surface area contributed by atoms with Gasteiger partial charge in [0.2, 0.25) is 0 Å². The Kier molecular flexibility index (Phi) is 14.5. The maximum atomic E-state index is 5.88. The van der Waals surface area contributed by atoms with E-state index < -0.39 is 0 Å². The number of ether oxygens (including phenoxy) is 2. The van der Waals surface area contributed by atoms with Crippen molar-refractivity contribution in [3.05, 3.63) is 0 Å². The predicted octanol–water partition coefficient (Wildman–Crippen LogP) is 3.01. The molecule has 2 aliphatic heterocycles. The molecule has 0 amide bonds. The van der Waals surface area contributed by atoms with E-state index in [1.807, 2.05) is 0 Å². The predicted molar refractivity (Wildman–Crippen MR) is 123 cm³/mol. The molecule has 2 saturated heterocycles. The van der Waals surface area contributed by atoms with Crippen molar-refractivity contribution in [3.8, 4) is 0 Å². The zero-order chi connectivity index (χ0) is 18.5. The van der Waals surface area contributed by atoms with E-state index >= 15 is 0 Å². The van der Waals surface area contributed by atoms with Crippen LogP contribution in [-0.4, -0.2) is 75.5 Å². The van der Waals surface area contributed by atoms with E-state index in [4.69, 9.17) is 14.5 Å². The number of guanidine groups is 1. The zero-order valence-electron chi connectivity index (χ0n) is 17.4. The van der Waals surface area contributed by atoms with Crippen LogP contribution in [0, 0.1) is 0 Å². The SMILES string of the molecule is CCNC(=NCCCCCN1CCCCC1)NC(C)COC1CCOC1.I. The first-order chi connectivity index (χ1) is 12.8. The lowest BCUT2D eigenvalue weighted by molar-refractivity contribution is 0.0347. The van der Waals surface area contributed by atoms with Gasteiger partial charge in [0, 0.05) is 25.7 Å². The first-order valence-electron chi connectivity index (χ1n) is 10.7. The fraction of sp³-hybridized carbons (Fsp3) is 0.950. The van der Waals surface area contributed by atoms with Crippen LogP contribution in [0.25, 0.3) is 0 Å². The summed E-state index contributed by atoms with van der Waals surface area (Å²) in [5.74, 6) is 0.905. The summed E-state index contributed by atoms with van der Waals surface area (Å²) in [4.78, 5) is 7.34. The average molecular weight is 496 g/mol. The van der Waals surface area contributed by atoms with Gasteiger partial charge in [0.15, 0.2) is 5.96 Å². The smallest absolute Gasteiger partial charge is 0.191 e. The molecule has 0 spiro atoms. The standard InChI is InChI=1S/C20H40N4O2.HI/c1-3-21-20(23-18(2)16-26-19-10-15-25-17-19)22-11-6-4-7-12-24-13-8-5-9-14-24;/h18-19H,3-17H2,1-2H3,(H2,21,22,23);1H. The first kappa shape index (κ1) is 24.9. The molecule has 6 nitrogen and oxygen atoms in total. The number of likely N-dealkylation sites (tertiary alicyclic amines) is 1. The normalized spacial score (nSPS) is 22.3. The highest BCUT2D eigenvalue weighted by Crippen LogP contribution is 2.10. The van der Waals surface area contributed by atoms with Crippen molar-refractivity contribution in [2.45, 2.75) is 70.9 Å². The van der Waals surface area contributed by atoms with E-state index in [2.05, 4.69) is 29.4 Å². The lowest BCUT2D eigenvalue weighted by Gasteiger charge is -2.26. The number of hydrogen-bond donors (Lipinski definition) is 2. The Morgan fingerprint density at radius 3 is 2.74 bits per heavy atom. The molecule has 0 aromatic rings. The minimum Gasteiger partial charge on any atom is -0.379 e. The van der Waals surface area contributed by atoms with Crippen LogP contribution in [-0.2, 0) is 9.47 Å². The van der Waals surface area contributed by atoms with Crippen LogP contribution in [0.2, 0.25) is 0 Å². The van der Waals surface area contributed by atoms with E-state index in [0.29, 0.717) is 6.61 Å². The molecule has 2 aliphatic rings. The summed E-state index contributed by atoms with van der Waals surface area (Å²) in [6.45, 7) is 12.1. The largest absolute Gasteiger partial charge is 0.379 e. The Labute approximate surface area is 183 Å². The molecule has 2 heterocycles. The van der Waals surface area contributed by atoms with Crippen LogP contribution in [0.1, 0.15) is 58.8 Å². The van der Waals surface area contributed by atoms with Gasteiger partial charge in [-0.15, -0.1) is 24.0 Å². The summed E-state index contributed by atoms with van der Waals surface area (Å²) in [7, 11) is 0. The maximum absolute atomic E-state index is 5.88. The van der Waals surface area contributed by atoms with Crippen molar-refractivity contribution in [1.29, 1.82) is 0 Å². The van der Waals surface area contributed by atoms with Crippen LogP contribution >= 0.6 is 24.0 Å². The Hall–Kier alpha value is -0.120. The summed E-state index contributed by atoms with van der Waals surface area (Å²) in [5.41, 5.74) is 0. The molecule has 0 aromatic carbocycles. The van der Waals surface area contributed by atoms with Gasteiger partial charge in [-0.2, -0.15) is 0 Å². The van der Waals surface area contributed by atoms with Crippen molar-refractivity contribution in [3.63, 3.8) is 0 Å². The summed E-state index contributed by atoms with van der Waals surface area (Å²) in [5, 5.41) is 6.78. The molecule has 160 valence electrons. The van der Waals surface area contributed by atoms with Crippen molar-refractivity contribution in [2.75, 3.05) is 52.5 Å². The van der Waals surface area contributed by atoms with E-state index in [1.54, 1.807) is 0 Å². The number of aliphatic imine (C=N–C) groups is 1. The highest BCUT2D eigenvalue weighted by Gasteiger charge is 2.17. The number of piperidine rings is 1. The third-order valence-corrected chi connectivity index (χ3v) is 5.05. The molecule has 2 fully saturated rings. The minimum absolute atomic E-state index is 0. The van der Waals surface area contributed by atoms with E-state index in [-0.39, 0.29) is 36.1 Å². The third kappa shape index (κ3) is 11.5. The average Bonchev–Trinajstić information content (AvgIpc) is 3.17. The van der Waals surface area contributed by atoms with E-state index in [0.717, 1.165) is 45.1 Å². The monoisotopic (exact) mass is 496 g/mol. The molecule has 0 radical (unpaired) electrons. The fourth-order valence-electron chi connectivity index (χ4n) is 3.52. The molecule has 2 unspecified atom stereocenters. The molecule has 7 heteroatoms. The van der Waals surface area contributed by atoms with Crippen LogP contribution in [0.3, 0.4) is 0 Å². The van der Waals surface area contributed by atoms with Crippen molar-refractivity contribution in [1.82, 2.24) is 15.5 Å². The van der Waals surface area contributed by atoms with Crippen molar-refractivity contribution >= 4 is 29.9 Å². The van der Waals surface area contributed by atoms with E-state index in [9.17, 15) is 0 Å². The highest BCUT2D eigenvalue weighted by atomic mass is 127. The van der Waals surface area contributed by atoms with Crippen LogP contribution in [0.4, 0.5) is 0 Å². The molecule has 2 N–H and O–H groups in total. The molecule has 0 aliphatic carbocycles. The van der Waals surface area contributed by atoms with Gasteiger partial charge in [0.1, 0.15) is 0 Å². The summed E-state index contributed by atoms with van der Waals surface area (Å²) in [6.07, 6.45) is 9.19. The number of nitrogens with one attached hydrogen (secondary N) is 2. The third-order valence-electron chi connectivity index (χ3n) is 5.05. The minimum atomic E-state index is 0. The van der Waals surface area contributed by atoms with Gasteiger partial charge in [0.25, 0.3) is 0 Å². The molecular weight excluding hydrogens is 455 g/mol. The summed E-state index contributed by atoms with van der Waals surface area (Å²) < 4.78 is 11.2. The lowest BCUT2D eigenvalue weighted by Crippen LogP contribution is -2.44. The fourth-order valence-corrected chi connectivity index (χ4v) is 3.52. The first-order valence-corrected chi connectivity index (χ1v) is 10.7. The summed E-state index contributed by atoms with van der Waals surface area (Å²) in [6, 6.07) is 0.243. The van der Waals surface area contributed by atoms with Gasteiger partial charge in [-0.1, -0.05) is 12.8 Å². The van der Waals surface area contributed by atoms with Gasteiger partial charge in [0.05, 0.1) is 19.3 Å². The highest BCUT2D eigenvalue weighted by molar-refractivity contribution is 14.0. The van der Waals surface area contributed by atoms with Crippen LogP contribution in [0.5, 0.6) is 0 Å². The Bertz CT molecular complexity index is 386. The van der Waals surface area contributed by atoms with E-state index in [1.165, 1.54) is 51.7 Å². The second-order valence-corrected chi connectivity index (χ2v) is 7.59. The summed E-state index contributed by atoms with van der Waals surface area (Å²) >= 11 is 0. The molecule has 27 heavy (non-hydrogen) atoms. The quantitative estimate of drug-likeness (QED) is 0.199. The number of unbranched alkanes of at least 4 members (excludes halogenated alkanes) is 2. The number of nitrogens with zero attached hydrogens (tertiary/aromatic N) is 2. The number of rotatable bonds is 11. The van der Waals surface area contributed by atoms with Crippen LogP contribution in [0.15, 0.2) is 4.99 Å². The number of hydrogen-bond acceptors (Lipinski definition) is 4. The number of halogens is 1. The van der Waals surface area contributed by atoms with Crippen molar-refractivity contribution in [2.24, 2.45) is 4.99 Å².